The molecule has 0 saturated heterocycles. The van der Waals surface area contributed by atoms with Gasteiger partial charge in [-0.2, -0.15) is 0 Å². The fraction of sp³-hybridized carbons (Fsp3) is 0.400. The first-order chi connectivity index (χ1) is 16.7. The van der Waals surface area contributed by atoms with Crippen molar-refractivity contribution in [3.8, 4) is 0 Å². The number of likely N-dealkylation sites (N-methyl/N-ethyl adjacent to an activating group) is 2. The molecule has 4 nitrogen and oxygen atoms in total. The first kappa shape index (κ1) is 16.5. The summed E-state index contributed by atoms with van der Waals surface area (Å²) in [5.74, 6) is 0.877. The van der Waals surface area contributed by atoms with Gasteiger partial charge in [0.1, 0.15) is 0 Å². The highest BCUT2D eigenvalue weighted by Gasteiger charge is 3.12. The average molecular weight is 443 g/mol. The van der Waals surface area contributed by atoms with Gasteiger partial charge in [0.15, 0.2) is 0 Å². The van der Waals surface area contributed by atoms with Gasteiger partial charge in [0.05, 0.1) is 46.9 Å². The van der Waals surface area contributed by atoms with Crippen LogP contribution in [-0.2, 0) is 5.41 Å². The summed E-state index contributed by atoms with van der Waals surface area (Å²) in [6, 6.07) is 28.1. The van der Waals surface area contributed by atoms with Gasteiger partial charge in [0.2, 0.25) is 0 Å². The molecule has 6 atom stereocenters. The van der Waals surface area contributed by atoms with Gasteiger partial charge in [0.25, 0.3) is 0 Å². The third kappa shape index (κ3) is 1.13. The van der Waals surface area contributed by atoms with E-state index in [2.05, 4.69) is 100 Å². The molecule has 4 saturated carbocycles. The van der Waals surface area contributed by atoms with Crippen molar-refractivity contribution in [1.82, 2.24) is 0 Å². The van der Waals surface area contributed by atoms with E-state index in [-0.39, 0.29) is 0 Å². The van der Waals surface area contributed by atoms with Gasteiger partial charge in [-0.3, -0.25) is 0 Å². The average Bonchev–Trinajstić information content (AvgIpc) is 3.69. The van der Waals surface area contributed by atoms with Gasteiger partial charge >= 0.3 is 0 Å². The van der Waals surface area contributed by atoms with Crippen LogP contribution in [0.25, 0.3) is 0 Å². The van der Waals surface area contributed by atoms with E-state index in [1.165, 1.54) is 47.0 Å². The van der Waals surface area contributed by atoms with Crippen LogP contribution in [0, 0.1) is 16.7 Å². The van der Waals surface area contributed by atoms with Crippen molar-refractivity contribution in [3.05, 3.63) is 72.3 Å². The summed E-state index contributed by atoms with van der Waals surface area (Å²) in [7, 11) is 4.69. The lowest BCUT2D eigenvalue weighted by molar-refractivity contribution is -0.0431. The molecule has 34 heavy (non-hydrogen) atoms. The molecular weight excluding hydrogens is 416 g/mol. The Morgan fingerprint density at radius 1 is 0.588 bits per heavy atom. The standard InChI is InChI=1S/C30H26N4/c1-31-16-8-3-5-10-18(16)33-20-12-7-13-21-24(20)30-27(28(30)14-22(31)25(28)33)29(30)15-23-26(29)34(21)19-11-6-4-9-17(19)32(23)2/h3-13,22-23,25-27H,14-15H2,1-2H3. The Balaban J connectivity index is 1.25. The maximum Gasteiger partial charge on any atom is 0.0652 e. The number of benzene rings is 3. The van der Waals surface area contributed by atoms with Crippen molar-refractivity contribution in [2.24, 2.45) is 16.7 Å². The molecule has 4 aliphatic heterocycles. The lowest BCUT2D eigenvalue weighted by atomic mass is 9.44. The Hall–Kier alpha value is -3.14. The molecule has 0 radical (unpaired) electrons. The summed E-state index contributed by atoms with van der Waals surface area (Å²) in [6.45, 7) is 0. The number of para-hydroxylation sites is 4. The smallest absolute Gasteiger partial charge is 0.0652 e. The van der Waals surface area contributed by atoms with Crippen molar-refractivity contribution < 1.29 is 0 Å². The van der Waals surface area contributed by atoms with Crippen LogP contribution >= 0.6 is 0 Å². The number of hydrogen-bond donors (Lipinski definition) is 0. The van der Waals surface area contributed by atoms with E-state index in [0.717, 1.165) is 5.92 Å². The van der Waals surface area contributed by atoms with E-state index >= 15 is 0 Å². The minimum atomic E-state index is 0.446. The van der Waals surface area contributed by atoms with Gasteiger partial charge in [-0.05, 0) is 55.2 Å². The molecule has 4 aliphatic carbocycles. The van der Waals surface area contributed by atoms with Gasteiger partial charge in [-0.1, -0.05) is 30.3 Å². The van der Waals surface area contributed by atoms with E-state index in [9.17, 15) is 0 Å². The molecule has 0 bridgehead atoms. The Bertz CT molecular complexity index is 1440. The summed E-state index contributed by atoms with van der Waals surface area (Å²) in [4.78, 5) is 10.8. The summed E-state index contributed by atoms with van der Waals surface area (Å²) in [5, 5.41) is 0. The van der Waals surface area contributed by atoms with Gasteiger partial charge in [-0.15, -0.1) is 0 Å². The molecule has 3 aromatic carbocycles. The minimum absolute atomic E-state index is 0.446. The van der Waals surface area contributed by atoms with Crippen LogP contribution in [-0.4, -0.2) is 38.3 Å². The quantitative estimate of drug-likeness (QED) is 0.484. The van der Waals surface area contributed by atoms with E-state index < -0.39 is 0 Å². The molecule has 11 rings (SSSR count). The van der Waals surface area contributed by atoms with Crippen molar-refractivity contribution in [2.45, 2.75) is 42.4 Å². The van der Waals surface area contributed by atoms with Crippen molar-refractivity contribution >= 4 is 34.1 Å². The highest BCUT2D eigenvalue weighted by atomic mass is 15.4. The molecular formula is C30H26N4. The molecule has 4 heteroatoms. The minimum Gasteiger partial charge on any atom is -0.368 e. The Morgan fingerprint density at radius 2 is 1.03 bits per heavy atom. The number of fused-ring (bicyclic) bond motifs is 6. The molecule has 4 heterocycles. The molecule has 8 aliphatic rings. The van der Waals surface area contributed by atoms with Crippen LogP contribution in [0.4, 0.5) is 34.1 Å². The van der Waals surface area contributed by atoms with Crippen LogP contribution in [0.2, 0.25) is 0 Å². The molecule has 0 amide bonds. The zero-order valence-electron chi connectivity index (χ0n) is 19.4. The fourth-order valence-electron chi connectivity index (χ4n) is 11.4. The summed E-state index contributed by atoms with van der Waals surface area (Å²) in [6.07, 6.45) is 2.76. The van der Waals surface area contributed by atoms with Crippen LogP contribution in [0.5, 0.6) is 0 Å². The number of rotatable bonds is 0. The third-order valence-electron chi connectivity index (χ3n) is 12.2. The lowest BCUT2D eigenvalue weighted by Gasteiger charge is -2.74. The van der Waals surface area contributed by atoms with Crippen LogP contribution in [0.1, 0.15) is 18.4 Å². The van der Waals surface area contributed by atoms with Crippen molar-refractivity contribution in [2.75, 3.05) is 33.7 Å². The summed E-state index contributed by atoms with van der Waals surface area (Å²) >= 11 is 0. The zero-order valence-corrected chi connectivity index (χ0v) is 19.4. The molecule has 6 unspecified atom stereocenters. The Kier molecular flexibility index (Phi) is 2.09. The second-order valence-electron chi connectivity index (χ2n) is 12.4. The summed E-state index contributed by atoms with van der Waals surface area (Å²) < 4.78 is 0. The van der Waals surface area contributed by atoms with Gasteiger partial charge < -0.3 is 19.6 Å². The van der Waals surface area contributed by atoms with Gasteiger partial charge in [-0.25, -0.2) is 0 Å². The number of anilines is 6. The highest BCUT2D eigenvalue weighted by molar-refractivity contribution is 5.98. The van der Waals surface area contributed by atoms with Crippen molar-refractivity contribution in [3.63, 3.8) is 0 Å². The van der Waals surface area contributed by atoms with Crippen molar-refractivity contribution in [1.29, 1.82) is 0 Å². The highest BCUT2D eigenvalue weighted by Crippen LogP contribution is 3.09. The van der Waals surface area contributed by atoms with Crippen LogP contribution in [0.15, 0.2) is 66.7 Å². The van der Waals surface area contributed by atoms with E-state index in [0.29, 0.717) is 40.4 Å². The largest absolute Gasteiger partial charge is 0.368 e. The molecule has 3 aromatic rings. The van der Waals surface area contributed by atoms with E-state index in [1.54, 1.807) is 5.56 Å². The zero-order chi connectivity index (χ0) is 21.9. The van der Waals surface area contributed by atoms with Crippen LogP contribution in [0.3, 0.4) is 0 Å². The SMILES string of the molecule is CN1c2ccccc2N2c3cccc4c3C35C(C36CC1C26)C51CC2C1N4c1ccccc1N2C. The normalized spacial score (nSPS) is 44.9. The second-order valence-corrected chi connectivity index (χ2v) is 12.4. The molecule has 4 fully saturated rings. The number of nitrogens with zero attached hydrogens (tertiary/aromatic N) is 4. The first-order valence-corrected chi connectivity index (χ1v) is 13.1. The third-order valence-corrected chi connectivity index (χ3v) is 12.2. The lowest BCUT2D eigenvalue weighted by Crippen LogP contribution is -2.79. The molecule has 3 spiro atoms. The number of hydrogen-bond acceptors (Lipinski definition) is 4. The maximum atomic E-state index is 2.80. The maximum absolute atomic E-state index is 2.80. The molecule has 0 N–H and O–H groups in total. The van der Waals surface area contributed by atoms with E-state index in [4.69, 9.17) is 0 Å². The summed E-state index contributed by atoms with van der Waals surface area (Å²) in [5.41, 5.74) is 11.8. The topological polar surface area (TPSA) is 13.0 Å². The Morgan fingerprint density at radius 3 is 1.53 bits per heavy atom. The monoisotopic (exact) mass is 442 g/mol. The van der Waals surface area contributed by atoms with Crippen LogP contribution < -0.4 is 19.6 Å². The van der Waals surface area contributed by atoms with Gasteiger partial charge in [0, 0.05) is 47.3 Å². The molecule has 0 aromatic heterocycles. The fourth-order valence-corrected chi connectivity index (χ4v) is 11.4. The first-order valence-electron chi connectivity index (χ1n) is 13.1. The van der Waals surface area contributed by atoms with E-state index in [1.807, 2.05) is 0 Å². The Labute approximate surface area is 199 Å². The molecule has 166 valence electrons. The second kappa shape index (κ2) is 4.32. The predicted molar refractivity (Wildman–Crippen MR) is 135 cm³/mol. The predicted octanol–water partition coefficient (Wildman–Crippen LogP) is 5.03.